The van der Waals surface area contributed by atoms with Crippen LogP contribution in [0.25, 0.3) is 0 Å². The number of benzene rings is 2. The van der Waals surface area contributed by atoms with Gasteiger partial charge < -0.3 is 5.73 Å². The lowest BCUT2D eigenvalue weighted by atomic mass is 10.0. The molecule has 2 heteroatoms. The molecule has 0 aromatic heterocycles. The molecule has 2 N–H and O–H groups in total. The van der Waals surface area contributed by atoms with Crippen LogP contribution >= 0.6 is 0 Å². The van der Waals surface area contributed by atoms with Crippen molar-refractivity contribution in [2.75, 3.05) is 5.73 Å². The molecule has 0 aliphatic rings. The Balaban J connectivity index is 2.25. The van der Waals surface area contributed by atoms with Gasteiger partial charge in [0.2, 0.25) is 0 Å². The van der Waals surface area contributed by atoms with Gasteiger partial charge in [0.25, 0.3) is 0 Å². The Morgan fingerprint density at radius 2 is 1.53 bits per heavy atom. The fourth-order valence-corrected chi connectivity index (χ4v) is 1.90. The SMILES string of the molecule is Cc1cc(Cc2ccc(F)c(C)c2)ccc1N. The molecule has 0 spiro atoms. The van der Waals surface area contributed by atoms with Gasteiger partial charge >= 0.3 is 0 Å². The molecule has 0 fully saturated rings. The van der Waals surface area contributed by atoms with Crippen LogP contribution in [0.15, 0.2) is 36.4 Å². The van der Waals surface area contributed by atoms with Gasteiger partial charge in [0.15, 0.2) is 0 Å². The standard InChI is InChI=1S/C15H16FN/c1-10-7-12(3-5-14(10)16)9-13-4-6-15(17)11(2)8-13/h3-8H,9,17H2,1-2H3. The maximum atomic E-state index is 13.1. The average molecular weight is 229 g/mol. The van der Waals surface area contributed by atoms with E-state index in [4.69, 9.17) is 5.73 Å². The second-order valence-corrected chi connectivity index (χ2v) is 4.45. The molecule has 2 rings (SSSR count). The van der Waals surface area contributed by atoms with Gasteiger partial charge in [-0.2, -0.15) is 0 Å². The van der Waals surface area contributed by atoms with Crippen LogP contribution in [0.4, 0.5) is 10.1 Å². The number of hydrogen-bond acceptors (Lipinski definition) is 1. The van der Waals surface area contributed by atoms with E-state index in [9.17, 15) is 4.39 Å². The summed E-state index contributed by atoms with van der Waals surface area (Å²) in [5.41, 5.74) is 10.7. The molecule has 17 heavy (non-hydrogen) atoms. The normalized spacial score (nSPS) is 10.5. The number of nitrogens with two attached hydrogens (primary N) is 1. The van der Waals surface area contributed by atoms with Crippen LogP contribution in [0.2, 0.25) is 0 Å². The Morgan fingerprint density at radius 1 is 0.941 bits per heavy atom. The first-order valence-electron chi connectivity index (χ1n) is 5.66. The Morgan fingerprint density at radius 3 is 2.12 bits per heavy atom. The minimum atomic E-state index is -0.151. The molecule has 0 aliphatic heterocycles. The highest BCUT2D eigenvalue weighted by molar-refractivity contribution is 5.48. The van der Waals surface area contributed by atoms with Crippen molar-refractivity contribution in [1.29, 1.82) is 0 Å². The van der Waals surface area contributed by atoms with E-state index in [1.165, 1.54) is 11.6 Å². The van der Waals surface area contributed by atoms with Gasteiger partial charge in [0.05, 0.1) is 0 Å². The zero-order chi connectivity index (χ0) is 12.4. The fraction of sp³-hybridized carbons (Fsp3) is 0.200. The molecule has 0 amide bonds. The molecular weight excluding hydrogens is 213 g/mol. The third-order valence-corrected chi connectivity index (χ3v) is 2.96. The summed E-state index contributed by atoms with van der Waals surface area (Å²) >= 11 is 0. The number of aryl methyl sites for hydroxylation is 2. The highest BCUT2D eigenvalue weighted by atomic mass is 19.1. The summed E-state index contributed by atoms with van der Waals surface area (Å²) in [6.07, 6.45) is 0.808. The van der Waals surface area contributed by atoms with Gasteiger partial charge in [0.1, 0.15) is 5.82 Å². The number of hydrogen-bond donors (Lipinski definition) is 1. The molecule has 88 valence electrons. The highest BCUT2D eigenvalue weighted by Gasteiger charge is 2.02. The van der Waals surface area contributed by atoms with Crippen molar-refractivity contribution in [3.8, 4) is 0 Å². The largest absolute Gasteiger partial charge is 0.399 e. The molecule has 0 saturated heterocycles. The van der Waals surface area contributed by atoms with Crippen LogP contribution in [0.1, 0.15) is 22.3 Å². The van der Waals surface area contributed by atoms with E-state index in [0.717, 1.165) is 23.2 Å². The number of anilines is 1. The second-order valence-electron chi connectivity index (χ2n) is 4.45. The molecule has 2 aromatic rings. The van der Waals surface area contributed by atoms with Crippen LogP contribution in [0.3, 0.4) is 0 Å². The second kappa shape index (κ2) is 4.58. The summed E-state index contributed by atoms with van der Waals surface area (Å²) in [7, 11) is 0. The van der Waals surface area contributed by atoms with Gasteiger partial charge in [-0.1, -0.05) is 24.3 Å². The molecular formula is C15H16FN. The number of rotatable bonds is 2. The van der Waals surface area contributed by atoms with Gasteiger partial charge in [0, 0.05) is 5.69 Å². The lowest BCUT2D eigenvalue weighted by Gasteiger charge is -2.06. The molecule has 0 saturated carbocycles. The minimum absolute atomic E-state index is 0.151. The van der Waals surface area contributed by atoms with Crippen LogP contribution in [-0.4, -0.2) is 0 Å². The van der Waals surface area contributed by atoms with E-state index in [0.29, 0.717) is 5.56 Å². The molecule has 0 atom stereocenters. The van der Waals surface area contributed by atoms with E-state index in [1.54, 1.807) is 6.92 Å². The summed E-state index contributed by atoms with van der Waals surface area (Å²) in [5.74, 6) is -0.151. The molecule has 0 heterocycles. The maximum Gasteiger partial charge on any atom is 0.126 e. The third kappa shape index (κ3) is 2.64. The van der Waals surface area contributed by atoms with Crippen molar-refractivity contribution in [1.82, 2.24) is 0 Å². The van der Waals surface area contributed by atoms with Crippen molar-refractivity contribution >= 4 is 5.69 Å². The topological polar surface area (TPSA) is 26.0 Å². The van der Waals surface area contributed by atoms with E-state index in [2.05, 4.69) is 6.07 Å². The lowest BCUT2D eigenvalue weighted by Crippen LogP contribution is -1.94. The smallest absolute Gasteiger partial charge is 0.126 e. The predicted molar refractivity (Wildman–Crippen MR) is 69.5 cm³/mol. The van der Waals surface area contributed by atoms with E-state index in [1.807, 2.05) is 31.2 Å². The average Bonchev–Trinajstić information content (AvgIpc) is 2.29. The molecule has 0 unspecified atom stereocenters. The quantitative estimate of drug-likeness (QED) is 0.782. The number of nitrogen functional groups attached to an aromatic ring is 1. The van der Waals surface area contributed by atoms with Crippen molar-refractivity contribution < 1.29 is 4.39 Å². The monoisotopic (exact) mass is 229 g/mol. The predicted octanol–water partition coefficient (Wildman–Crippen LogP) is 3.62. The van der Waals surface area contributed by atoms with Crippen molar-refractivity contribution in [2.45, 2.75) is 20.3 Å². The first-order valence-corrected chi connectivity index (χ1v) is 5.66. The highest BCUT2D eigenvalue weighted by Crippen LogP contribution is 2.17. The van der Waals surface area contributed by atoms with Gasteiger partial charge in [-0.15, -0.1) is 0 Å². The summed E-state index contributed by atoms with van der Waals surface area (Å²) in [6.45, 7) is 3.78. The summed E-state index contributed by atoms with van der Waals surface area (Å²) in [5, 5.41) is 0. The van der Waals surface area contributed by atoms with E-state index in [-0.39, 0.29) is 5.82 Å². The first-order chi connectivity index (χ1) is 8.06. The third-order valence-electron chi connectivity index (χ3n) is 2.96. The Hall–Kier alpha value is -1.83. The zero-order valence-corrected chi connectivity index (χ0v) is 10.1. The van der Waals surface area contributed by atoms with Crippen LogP contribution in [-0.2, 0) is 6.42 Å². The summed E-state index contributed by atoms with van der Waals surface area (Å²) in [4.78, 5) is 0. The first kappa shape index (κ1) is 11.6. The molecule has 2 aromatic carbocycles. The van der Waals surface area contributed by atoms with Crippen LogP contribution in [0, 0.1) is 19.7 Å². The molecule has 1 nitrogen and oxygen atoms in total. The lowest BCUT2D eigenvalue weighted by molar-refractivity contribution is 0.618. The Bertz CT molecular complexity index is 497. The minimum Gasteiger partial charge on any atom is -0.399 e. The molecule has 0 aliphatic carbocycles. The van der Waals surface area contributed by atoms with Gasteiger partial charge in [-0.25, -0.2) is 4.39 Å². The summed E-state index contributed by atoms with van der Waals surface area (Å²) < 4.78 is 13.1. The van der Waals surface area contributed by atoms with Crippen LogP contribution < -0.4 is 5.73 Å². The van der Waals surface area contributed by atoms with Crippen molar-refractivity contribution in [2.24, 2.45) is 0 Å². The Labute approximate surface area is 101 Å². The Kier molecular flexibility index (Phi) is 3.14. The zero-order valence-electron chi connectivity index (χ0n) is 10.1. The fourth-order valence-electron chi connectivity index (χ4n) is 1.90. The van der Waals surface area contributed by atoms with E-state index < -0.39 is 0 Å². The maximum absolute atomic E-state index is 13.1. The van der Waals surface area contributed by atoms with Gasteiger partial charge in [-0.3, -0.25) is 0 Å². The van der Waals surface area contributed by atoms with Gasteiger partial charge in [-0.05, 0) is 54.7 Å². The van der Waals surface area contributed by atoms with E-state index >= 15 is 0 Å². The van der Waals surface area contributed by atoms with Crippen molar-refractivity contribution in [3.05, 3.63) is 64.5 Å². The van der Waals surface area contributed by atoms with Crippen molar-refractivity contribution in [3.63, 3.8) is 0 Å². The van der Waals surface area contributed by atoms with Crippen LogP contribution in [0.5, 0.6) is 0 Å². The summed E-state index contributed by atoms with van der Waals surface area (Å²) in [6, 6.07) is 11.2. The molecule has 0 radical (unpaired) electrons. The number of halogens is 1. The molecule has 0 bridgehead atoms.